The number of rotatable bonds is 4. The van der Waals surface area contributed by atoms with Gasteiger partial charge >= 0.3 is 0 Å². The second-order valence-corrected chi connectivity index (χ2v) is 6.90. The highest BCUT2D eigenvalue weighted by Gasteiger charge is 2.34. The molecule has 0 aromatic carbocycles. The van der Waals surface area contributed by atoms with Gasteiger partial charge in [0, 0.05) is 23.9 Å². The van der Waals surface area contributed by atoms with Crippen LogP contribution in [0.2, 0.25) is 0 Å². The van der Waals surface area contributed by atoms with Gasteiger partial charge in [-0.05, 0) is 45.3 Å². The van der Waals surface area contributed by atoms with E-state index in [9.17, 15) is 0 Å². The summed E-state index contributed by atoms with van der Waals surface area (Å²) in [6, 6.07) is 1.42. The molecule has 4 atom stereocenters. The third-order valence-electron chi connectivity index (χ3n) is 4.55. The highest BCUT2D eigenvalue weighted by atomic mass is 32.2. The fourth-order valence-electron chi connectivity index (χ4n) is 3.22. The Morgan fingerprint density at radius 1 is 1.35 bits per heavy atom. The normalized spacial score (nSPS) is 42.9. The molecule has 0 amide bonds. The summed E-state index contributed by atoms with van der Waals surface area (Å²) in [7, 11) is 0. The summed E-state index contributed by atoms with van der Waals surface area (Å²) in [6.45, 7) is 5.43. The maximum Gasteiger partial charge on any atom is 0.0666 e. The quantitative estimate of drug-likeness (QED) is 0.835. The topological polar surface area (TPSA) is 21.3 Å². The summed E-state index contributed by atoms with van der Waals surface area (Å²) in [5.41, 5.74) is 0.114. The van der Waals surface area contributed by atoms with Crippen molar-refractivity contribution in [1.82, 2.24) is 5.32 Å². The first-order valence-electron chi connectivity index (χ1n) is 7.09. The minimum atomic E-state index is 0.114. The van der Waals surface area contributed by atoms with Crippen LogP contribution in [0.3, 0.4) is 0 Å². The largest absolute Gasteiger partial charge is 0.375 e. The molecule has 1 N–H and O–H groups in total. The summed E-state index contributed by atoms with van der Waals surface area (Å²) < 4.78 is 5.92. The summed E-state index contributed by atoms with van der Waals surface area (Å²) in [5, 5.41) is 4.75. The van der Waals surface area contributed by atoms with E-state index in [1.54, 1.807) is 0 Å². The summed E-state index contributed by atoms with van der Waals surface area (Å²) >= 11 is 2.04. The SMILES string of the molecule is CCC1(C)CC(NC2CCCC2SC)CCO1. The average Bonchev–Trinajstić information content (AvgIpc) is 2.76. The van der Waals surface area contributed by atoms with E-state index in [1.165, 1.54) is 32.1 Å². The number of nitrogens with one attached hydrogen (secondary N) is 1. The lowest BCUT2D eigenvalue weighted by Gasteiger charge is -2.39. The molecule has 100 valence electrons. The molecule has 2 aliphatic rings. The monoisotopic (exact) mass is 257 g/mol. The lowest BCUT2D eigenvalue weighted by molar-refractivity contribution is -0.0789. The molecule has 2 fully saturated rings. The Morgan fingerprint density at radius 2 is 2.18 bits per heavy atom. The molecule has 1 saturated heterocycles. The van der Waals surface area contributed by atoms with Crippen molar-refractivity contribution in [3.8, 4) is 0 Å². The number of thioether (sulfide) groups is 1. The van der Waals surface area contributed by atoms with Crippen LogP contribution in [0.25, 0.3) is 0 Å². The Bertz CT molecular complexity index is 248. The lowest BCUT2D eigenvalue weighted by atomic mass is 9.89. The van der Waals surface area contributed by atoms with Crippen molar-refractivity contribution < 1.29 is 4.74 Å². The first-order valence-corrected chi connectivity index (χ1v) is 8.38. The third-order valence-corrected chi connectivity index (χ3v) is 5.72. The highest BCUT2D eigenvalue weighted by molar-refractivity contribution is 7.99. The molecule has 1 aliphatic heterocycles. The van der Waals surface area contributed by atoms with Crippen LogP contribution < -0.4 is 5.32 Å². The zero-order valence-corrected chi connectivity index (χ0v) is 12.3. The van der Waals surface area contributed by atoms with Gasteiger partial charge in [-0.25, -0.2) is 0 Å². The molecule has 0 aromatic rings. The van der Waals surface area contributed by atoms with Gasteiger partial charge in [0.25, 0.3) is 0 Å². The predicted octanol–water partition coefficient (Wildman–Crippen LogP) is 3.21. The fraction of sp³-hybridized carbons (Fsp3) is 1.00. The molecular weight excluding hydrogens is 230 g/mol. The van der Waals surface area contributed by atoms with Gasteiger partial charge in [0.05, 0.1) is 5.60 Å². The van der Waals surface area contributed by atoms with Gasteiger partial charge < -0.3 is 10.1 Å². The molecule has 1 aliphatic carbocycles. The Balaban J connectivity index is 1.86. The Labute approximate surface area is 110 Å². The van der Waals surface area contributed by atoms with E-state index in [-0.39, 0.29) is 5.60 Å². The summed E-state index contributed by atoms with van der Waals surface area (Å²) in [6.07, 6.45) is 9.91. The van der Waals surface area contributed by atoms with Crippen LogP contribution in [0.15, 0.2) is 0 Å². The number of hydrogen-bond acceptors (Lipinski definition) is 3. The van der Waals surface area contributed by atoms with E-state index in [0.717, 1.165) is 24.3 Å². The van der Waals surface area contributed by atoms with Gasteiger partial charge in [-0.3, -0.25) is 0 Å². The molecule has 0 spiro atoms. The third kappa shape index (κ3) is 3.39. The van der Waals surface area contributed by atoms with E-state index in [4.69, 9.17) is 4.74 Å². The van der Waals surface area contributed by atoms with Gasteiger partial charge in [-0.2, -0.15) is 11.8 Å². The maximum atomic E-state index is 5.92. The molecule has 2 rings (SSSR count). The minimum Gasteiger partial charge on any atom is -0.375 e. The Hall–Kier alpha value is 0.270. The molecule has 1 saturated carbocycles. The van der Waals surface area contributed by atoms with Gasteiger partial charge in [-0.15, -0.1) is 0 Å². The molecule has 4 unspecified atom stereocenters. The van der Waals surface area contributed by atoms with Crippen molar-refractivity contribution in [2.75, 3.05) is 12.9 Å². The van der Waals surface area contributed by atoms with Crippen LogP contribution >= 0.6 is 11.8 Å². The van der Waals surface area contributed by atoms with Crippen LogP contribution in [0, 0.1) is 0 Å². The summed E-state index contributed by atoms with van der Waals surface area (Å²) in [4.78, 5) is 0. The smallest absolute Gasteiger partial charge is 0.0666 e. The van der Waals surface area contributed by atoms with Crippen LogP contribution in [0.5, 0.6) is 0 Å². The first-order chi connectivity index (χ1) is 8.17. The van der Waals surface area contributed by atoms with Crippen LogP contribution in [-0.4, -0.2) is 35.8 Å². The molecule has 0 radical (unpaired) electrons. The Kier molecular flexibility index (Phi) is 4.79. The second kappa shape index (κ2) is 5.94. The molecular formula is C14H27NOS. The molecule has 0 bridgehead atoms. The molecule has 1 heterocycles. The van der Waals surface area contributed by atoms with Gasteiger partial charge in [0.2, 0.25) is 0 Å². The van der Waals surface area contributed by atoms with Crippen molar-refractivity contribution in [3.63, 3.8) is 0 Å². The summed E-state index contributed by atoms with van der Waals surface area (Å²) in [5.74, 6) is 0. The molecule has 2 nitrogen and oxygen atoms in total. The van der Waals surface area contributed by atoms with E-state index in [2.05, 4.69) is 25.4 Å². The standard InChI is InChI=1S/C14H27NOS/c1-4-14(2)10-11(8-9-16-14)15-12-6-5-7-13(12)17-3/h11-13,15H,4-10H2,1-3H3. The van der Waals surface area contributed by atoms with Crippen LogP contribution in [0.1, 0.15) is 52.4 Å². The first kappa shape index (κ1) is 13.7. The molecule has 0 aromatic heterocycles. The predicted molar refractivity (Wildman–Crippen MR) is 75.7 cm³/mol. The van der Waals surface area contributed by atoms with Crippen molar-refractivity contribution in [3.05, 3.63) is 0 Å². The van der Waals surface area contributed by atoms with E-state index in [0.29, 0.717) is 6.04 Å². The van der Waals surface area contributed by atoms with Crippen molar-refractivity contribution in [2.45, 2.75) is 75.3 Å². The number of hydrogen-bond donors (Lipinski definition) is 1. The van der Waals surface area contributed by atoms with Gasteiger partial charge in [0.1, 0.15) is 0 Å². The van der Waals surface area contributed by atoms with E-state index < -0.39 is 0 Å². The zero-order chi connectivity index (χ0) is 12.3. The maximum absolute atomic E-state index is 5.92. The van der Waals surface area contributed by atoms with Crippen molar-refractivity contribution >= 4 is 11.8 Å². The lowest BCUT2D eigenvalue weighted by Crippen LogP contribution is -2.49. The zero-order valence-electron chi connectivity index (χ0n) is 11.5. The van der Waals surface area contributed by atoms with Crippen molar-refractivity contribution in [1.29, 1.82) is 0 Å². The molecule has 3 heteroatoms. The van der Waals surface area contributed by atoms with Crippen molar-refractivity contribution in [2.24, 2.45) is 0 Å². The minimum absolute atomic E-state index is 0.114. The second-order valence-electron chi connectivity index (χ2n) is 5.82. The van der Waals surface area contributed by atoms with Crippen LogP contribution in [0.4, 0.5) is 0 Å². The van der Waals surface area contributed by atoms with Gasteiger partial charge in [-0.1, -0.05) is 13.3 Å². The fourth-order valence-corrected chi connectivity index (χ4v) is 4.17. The Morgan fingerprint density at radius 3 is 2.88 bits per heavy atom. The molecule has 17 heavy (non-hydrogen) atoms. The number of ether oxygens (including phenoxy) is 1. The van der Waals surface area contributed by atoms with Gasteiger partial charge in [0.15, 0.2) is 0 Å². The van der Waals surface area contributed by atoms with E-state index >= 15 is 0 Å². The van der Waals surface area contributed by atoms with E-state index in [1.807, 2.05) is 11.8 Å². The average molecular weight is 257 g/mol. The highest BCUT2D eigenvalue weighted by Crippen LogP contribution is 2.32. The van der Waals surface area contributed by atoms with Crippen LogP contribution in [-0.2, 0) is 4.74 Å².